The van der Waals surface area contributed by atoms with Crippen LogP contribution in [0, 0.1) is 18.6 Å². The van der Waals surface area contributed by atoms with E-state index in [1.165, 1.54) is 0 Å². The van der Waals surface area contributed by atoms with Crippen molar-refractivity contribution in [1.29, 1.82) is 0 Å². The van der Waals surface area contributed by atoms with Crippen LogP contribution in [0.25, 0.3) is 11.2 Å². The number of aryl methyl sites for hydroxylation is 2. The molecule has 3 aromatic rings. The van der Waals surface area contributed by atoms with Gasteiger partial charge in [0.2, 0.25) is 0 Å². The van der Waals surface area contributed by atoms with Gasteiger partial charge in [-0.2, -0.15) is 0 Å². The number of nitrogens with zero attached hydrogens (tertiary/aromatic N) is 2. The average Bonchev–Trinajstić information content (AvgIpc) is 2.91. The van der Waals surface area contributed by atoms with Crippen molar-refractivity contribution in [1.82, 2.24) is 14.5 Å². The fourth-order valence-electron chi connectivity index (χ4n) is 2.26. The predicted molar refractivity (Wildman–Crippen MR) is 76.9 cm³/mol. The van der Waals surface area contributed by atoms with E-state index in [1.807, 2.05) is 42.7 Å². The van der Waals surface area contributed by atoms with Crippen molar-refractivity contribution in [3.63, 3.8) is 0 Å². The first-order valence-electron chi connectivity index (χ1n) is 6.20. The van der Waals surface area contributed by atoms with Crippen molar-refractivity contribution in [3.05, 3.63) is 46.3 Å². The highest BCUT2D eigenvalue weighted by Gasteiger charge is 2.16. The third-order valence-electron chi connectivity index (χ3n) is 3.26. The summed E-state index contributed by atoms with van der Waals surface area (Å²) in [5.74, 6) is 1.79. The molecule has 3 aromatic heterocycles. The fourth-order valence-corrected chi connectivity index (χ4v) is 2.61. The van der Waals surface area contributed by atoms with Gasteiger partial charge in [0.1, 0.15) is 11.5 Å². The number of hydrogen-bond acceptors (Lipinski definition) is 3. The molecule has 0 aliphatic carbocycles. The van der Waals surface area contributed by atoms with Crippen molar-refractivity contribution in [3.8, 4) is 0 Å². The van der Waals surface area contributed by atoms with Crippen LogP contribution in [-0.2, 0) is 0 Å². The highest BCUT2D eigenvalue weighted by atomic mass is 32.1. The Bertz CT molecular complexity index is 796. The monoisotopic (exact) mass is 273 g/mol. The highest BCUT2D eigenvalue weighted by Crippen LogP contribution is 2.24. The Morgan fingerprint density at radius 2 is 2.05 bits per heavy atom. The third-order valence-corrected chi connectivity index (χ3v) is 3.56. The molecule has 0 radical (unpaired) electrons. The van der Waals surface area contributed by atoms with Crippen LogP contribution in [0.3, 0.4) is 0 Å². The summed E-state index contributed by atoms with van der Waals surface area (Å²) in [6, 6.07) is 7.94. The molecule has 0 amide bonds. The van der Waals surface area contributed by atoms with Gasteiger partial charge < -0.3 is 9.40 Å². The maximum atomic E-state index is 5.69. The van der Waals surface area contributed by atoms with Crippen molar-refractivity contribution in [2.24, 2.45) is 0 Å². The van der Waals surface area contributed by atoms with Gasteiger partial charge in [0, 0.05) is 5.69 Å². The molecule has 3 heterocycles. The molecular weight excluding hydrogens is 258 g/mol. The summed E-state index contributed by atoms with van der Waals surface area (Å²) < 4.78 is 8.35. The minimum atomic E-state index is 0.0178. The highest BCUT2D eigenvalue weighted by molar-refractivity contribution is 7.71. The first-order chi connectivity index (χ1) is 9.06. The molecule has 4 nitrogen and oxygen atoms in total. The van der Waals surface area contributed by atoms with Crippen LogP contribution in [0.4, 0.5) is 0 Å². The quantitative estimate of drug-likeness (QED) is 0.720. The number of H-pyrrole nitrogens is 1. The molecule has 0 saturated carbocycles. The first-order valence-corrected chi connectivity index (χ1v) is 6.61. The van der Waals surface area contributed by atoms with Crippen molar-refractivity contribution in [2.45, 2.75) is 26.8 Å². The predicted octanol–water partition coefficient (Wildman–Crippen LogP) is 3.91. The Morgan fingerprint density at radius 1 is 1.26 bits per heavy atom. The van der Waals surface area contributed by atoms with Crippen LogP contribution in [0.2, 0.25) is 0 Å². The lowest BCUT2D eigenvalue weighted by atomic mass is 10.2. The number of aromatic nitrogens is 3. The zero-order valence-corrected chi connectivity index (χ0v) is 11.9. The molecule has 19 heavy (non-hydrogen) atoms. The molecule has 0 saturated heterocycles. The van der Waals surface area contributed by atoms with Crippen molar-refractivity contribution >= 4 is 23.4 Å². The molecule has 98 valence electrons. The van der Waals surface area contributed by atoms with Crippen molar-refractivity contribution < 1.29 is 4.42 Å². The van der Waals surface area contributed by atoms with E-state index in [0.29, 0.717) is 4.77 Å². The van der Waals surface area contributed by atoms with E-state index >= 15 is 0 Å². The van der Waals surface area contributed by atoms with E-state index in [9.17, 15) is 0 Å². The van der Waals surface area contributed by atoms with Crippen LogP contribution in [-0.4, -0.2) is 14.5 Å². The Morgan fingerprint density at radius 3 is 2.74 bits per heavy atom. The largest absolute Gasteiger partial charge is 0.464 e. The number of fused-ring (bicyclic) bond motifs is 1. The zero-order chi connectivity index (χ0) is 13.6. The zero-order valence-electron chi connectivity index (χ0n) is 11.1. The molecule has 0 aliphatic rings. The molecular formula is C14H15N3OS. The number of hydrogen-bond donors (Lipinski definition) is 1. The van der Waals surface area contributed by atoms with Crippen LogP contribution < -0.4 is 0 Å². The van der Waals surface area contributed by atoms with Gasteiger partial charge in [0.05, 0.1) is 11.6 Å². The van der Waals surface area contributed by atoms with E-state index in [1.54, 1.807) is 0 Å². The summed E-state index contributed by atoms with van der Waals surface area (Å²) in [6.07, 6.45) is 0. The van der Waals surface area contributed by atoms with Gasteiger partial charge in [-0.1, -0.05) is 0 Å². The Kier molecular flexibility index (Phi) is 2.78. The average molecular weight is 273 g/mol. The Hall–Kier alpha value is -1.88. The fraction of sp³-hybridized carbons (Fsp3) is 0.286. The van der Waals surface area contributed by atoms with Crippen LogP contribution in [0.5, 0.6) is 0 Å². The standard InChI is InChI=1S/C14H15N3OS/c1-8-4-6-11-13(15-8)17(14(19)16-11)10(3)12-7-5-9(2)18-12/h4-7,10H,1-3H3,(H,16,19). The second-order valence-electron chi connectivity index (χ2n) is 4.75. The van der Waals surface area contributed by atoms with E-state index < -0.39 is 0 Å². The Balaban J connectivity index is 2.21. The van der Waals surface area contributed by atoms with E-state index in [2.05, 4.69) is 16.9 Å². The van der Waals surface area contributed by atoms with E-state index in [-0.39, 0.29) is 6.04 Å². The van der Waals surface area contributed by atoms with Gasteiger partial charge in [-0.3, -0.25) is 4.57 Å². The first kappa shape index (κ1) is 12.2. The maximum absolute atomic E-state index is 5.69. The second kappa shape index (κ2) is 4.35. The van der Waals surface area contributed by atoms with Gasteiger partial charge in [-0.05, 0) is 57.3 Å². The molecule has 3 rings (SSSR count). The summed E-state index contributed by atoms with van der Waals surface area (Å²) in [4.78, 5) is 7.76. The van der Waals surface area contributed by atoms with Crippen LogP contribution in [0.1, 0.15) is 30.2 Å². The number of nitrogens with one attached hydrogen (secondary N) is 1. The Labute approximate surface area is 116 Å². The number of furan rings is 1. The molecule has 1 N–H and O–H groups in total. The smallest absolute Gasteiger partial charge is 0.179 e. The molecule has 1 atom stereocenters. The summed E-state index contributed by atoms with van der Waals surface area (Å²) in [7, 11) is 0. The van der Waals surface area contributed by atoms with Gasteiger partial charge in [0.15, 0.2) is 10.4 Å². The third kappa shape index (κ3) is 2.00. The summed E-state index contributed by atoms with van der Waals surface area (Å²) in [5.41, 5.74) is 2.79. The van der Waals surface area contributed by atoms with Gasteiger partial charge in [-0.15, -0.1) is 0 Å². The lowest BCUT2D eigenvalue weighted by Gasteiger charge is -2.11. The number of rotatable bonds is 2. The number of pyridine rings is 1. The number of aromatic amines is 1. The summed E-state index contributed by atoms with van der Waals surface area (Å²) in [6.45, 7) is 5.97. The topological polar surface area (TPSA) is 46.8 Å². The van der Waals surface area contributed by atoms with Crippen LogP contribution in [0.15, 0.2) is 28.7 Å². The molecule has 0 fully saturated rings. The number of imidazole rings is 1. The molecule has 0 aliphatic heterocycles. The maximum Gasteiger partial charge on any atom is 0.179 e. The van der Waals surface area contributed by atoms with E-state index in [4.69, 9.17) is 16.6 Å². The van der Waals surface area contributed by atoms with Gasteiger partial charge >= 0.3 is 0 Å². The van der Waals surface area contributed by atoms with Gasteiger partial charge in [0.25, 0.3) is 0 Å². The minimum Gasteiger partial charge on any atom is -0.464 e. The van der Waals surface area contributed by atoms with Crippen LogP contribution >= 0.6 is 12.2 Å². The minimum absolute atomic E-state index is 0.0178. The molecule has 5 heteroatoms. The normalized spacial score (nSPS) is 13.0. The van der Waals surface area contributed by atoms with Crippen molar-refractivity contribution in [2.75, 3.05) is 0 Å². The molecule has 1 unspecified atom stereocenters. The summed E-state index contributed by atoms with van der Waals surface area (Å²) in [5, 5.41) is 0. The second-order valence-corrected chi connectivity index (χ2v) is 5.14. The molecule has 0 aromatic carbocycles. The lowest BCUT2D eigenvalue weighted by molar-refractivity contribution is 0.430. The lowest BCUT2D eigenvalue weighted by Crippen LogP contribution is -2.07. The van der Waals surface area contributed by atoms with E-state index in [0.717, 1.165) is 28.4 Å². The SMILES string of the molecule is Cc1ccc2[nH]c(=S)n(C(C)c3ccc(C)o3)c2n1. The van der Waals surface area contributed by atoms with Gasteiger partial charge in [-0.25, -0.2) is 4.98 Å². The molecule has 0 bridgehead atoms. The summed E-state index contributed by atoms with van der Waals surface area (Å²) >= 11 is 5.40. The molecule has 0 spiro atoms.